The molecule has 0 saturated heterocycles. The highest BCUT2D eigenvalue weighted by Crippen LogP contribution is 2.26. The zero-order chi connectivity index (χ0) is 17.2. The number of nitrogens with one attached hydrogen (secondary N) is 1. The summed E-state index contributed by atoms with van der Waals surface area (Å²) in [5.74, 6) is 1.57. The van der Waals surface area contributed by atoms with E-state index in [2.05, 4.69) is 29.3 Å². The molecule has 0 spiro atoms. The number of pyridine rings is 1. The molecule has 4 rings (SSSR count). The quantitative estimate of drug-likeness (QED) is 0.405. The fraction of sp³-hybridized carbons (Fsp3) is 0.105. The number of fused-ring (bicyclic) bond motifs is 1. The molecule has 4 aromatic rings. The minimum atomic E-state index is 0.601. The summed E-state index contributed by atoms with van der Waals surface area (Å²) in [4.78, 5) is 4.75. The highest BCUT2D eigenvalue weighted by Gasteiger charge is 2.10. The molecule has 0 aliphatic rings. The molecule has 0 aliphatic heterocycles. The molecule has 6 heteroatoms. The van der Waals surface area contributed by atoms with Crippen LogP contribution in [0.5, 0.6) is 0 Å². The van der Waals surface area contributed by atoms with Crippen molar-refractivity contribution in [2.45, 2.75) is 17.7 Å². The lowest BCUT2D eigenvalue weighted by atomic mass is 10.1. The maximum absolute atomic E-state index is 5.39. The molecule has 1 N–H and O–H groups in total. The molecular weight excluding hydrogens is 348 g/mol. The Kier molecular flexibility index (Phi) is 4.38. The van der Waals surface area contributed by atoms with Gasteiger partial charge in [0.15, 0.2) is 4.77 Å². The normalized spacial score (nSPS) is 11.1. The lowest BCUT2D eigenvalue weighted by molar-refractivity contribution is 0.947. The molecule has 0 radical (unpaired) electrons. The van der Waals surface area contributed by atoms with Gasteiger partial charge in [0, 0.05) is 11.1 Å². The molecule has 4 nitrogen and oxygen atoms in total. The van der Waals surface area contributed by atoms with Gasteiger partial charge in [0.1, 0.15) is 5.82 Å². The Morgan fingerprint density at radius 3 is 2.68 bits per heavy atom. The van der Waals surface area contributed by atoms with Crippen LogP contribution in [-0.2, 0) is 5.75 Å². The average Bonchev–Trinajstić information content (AvgIpc) is 3.01. The Labute approximate surface area is 154 Å². The number of aromatic amines is 1. The van der Waals surface area contributed by atoms with Gasteiger partial charge in [0.25, 0.3) is 0 Å². The Bertz CT molecular complexity index is 1080. The number of nitrogens with zero attached hydrogens (tertiary/aromatic N) is 3. The average molecular weight is 364 g/mol. The number of H-pyrrole nitrogens is 1. The summed E-state index contributed by atoms with van der Waals surface area (Å²) in [6.45, 7) is 2.12. The van der Waals surface area contributed by atoms with Gasteiger partial charge in [0.2, 0.25) is 0 Å². The Morgan fingerprint density at radius 1 is 1.08 bits per heavy atom. The van der Waals surface area contributed by atoms with Gasteiger partial charge in [-0.05, 0) is 49.0 Å². The maximum Gasteiger partial charge on any atom is 0.199 e. The number of hydrogen-bond acceptors (Lipinski definition) is 4. The van der Waals surface area contributed by atoms with Gasteiger partial charge in [-0.25, -0.2) is 4.98 Å². The predicted molar refractivity (Wildman–Crippen MR) is 105 cm³/mol. The molecule has 2 aromatic carbocycles. The maximum atomic E-state index is 5.39. The molecule has 124 valence electrons. The van der Waals surface area contributed by atoms with Crippen LogP contribution >= 0.6 is 24.0 Å². The van der Waals surface area contributed by atoms with E-state index in [0.29, 0.717) is 10.5 Å². The van der Waals surface area contributed by atoms with Gasteiger partial charge in [-0.1, -0.05) is 48.2 Å². The third kappa shape index (κ3) is 3.23. The van der Waals surface area contributed by atoms with Crippen LogP contribution in [0, 0.1) is 11.7 Å². The van der Waals surface area contributed by atoms with E-state index in [1.807, 2.05) is 53.1 Å². The Morgan fingerprint density at radius 2 is 1.84 bits per heavy atom. The van der Waals surface area contributed by atoms with Crippen molar-refractivity contribution < 1.29 is 0 Å². The minimum absolute atomic E-state index is 0.601. The SMILES string of the molecule is Cc1cc(SCc2n[nH]c(=S)n2-c2ccccc2)nc2ccccc12. The first-order valence-corrected chi connectivity index (χ1v) is 9.32. The molecule has 2 aromatic heterocycles. The zero-order valence-electron chi connectivity index (χ0n) is 13.6. The summed E-state index contributed by atoms with van der Waals surface area (Å²) in [5, 5.41) is 9.47. The summed E-state index contributed by atoms with van der Waals surface area (Å²) in [5.41, 5.74) is 3.27. The first-order chi connectivity index (χ1) is 12.2. The van der Waals surface area contributed by atoms with Crippen molar-refractivity contribution in [3.8, 4) is 5.69 Å². The summed E-state index contributed by atoms with van der Waals surface area (Å²) < 4.78 is 2.57. The monoisotopic (exact) mass is 364 g/mol. The van der Waals surface area contributed by atoms with Crippen LogP contribution in [0.4, 0.5) is 0 Å². The van der Waals surface area contributed by atoms with E-state index < -0.39 is 0 Å². The summed E-state index contributed by atoms with van der Waals surface area (Å²) in [6, 6.07) is 20.4. The largest absolute Gasteiger partial charge is 0.271 e. The second-order valence-electron chi connectivity index (χ2n) is 5.70. The topological polar surface area (TPSA) is 46.5 Å². The van der Waals surface area contributed by atoms with Gasteiger partial charge in [0.05, 0.1) is 16.3 Å². The Balaban J connectivity index is 1.64. The van der Waals surface area contributed by atoms with E-state index in [1.165, 1.54) is 10.9 Å². The van der Waals surface area contributed by atoms with Crippen LogP contribution in [0.3, 0.4) is 0 Å². The highest BCUT2D eigenvalue weighted by molar-refractivity contribution is 7.98. The highest BCUT2D eigenvalue weighted by atomic mass is 32.2. The molecule has 0 unspecified atom stereocenters. The third-order valence-electron chi connectivity index (χ3n) is 4.00. The summed E-state index contributed by atoms with van der Waals surface area (Å²) in [6.07, 6.45) is 0. The summed E-state index contributed by atoms with van der Waals surface area (Å²) >= 11 is 7.05. The van der Waals surface area contributed by atoms with E-state index in [9.17, 15) is 0 Å². The van der Waals surface area contributed by atoms with Crippen LogP contribution in [0.1, 0.15) is 11.4 Å². The van der Waals surface area contributed by atoms with E-state index in [4.69, 9.17) is 17.2 Å². The van der Waals surface area contributed by atoms with Crippen molar-refractivity contribution in [1.82, 2.24) is 19.7 Å². The van der Waals surface area contributed by atoms with Crippen molar-refractivity contribution >= 4 is 34.9 Å². The van der Waals surface area contributed by atoms with E-state index >= 15 is 0 Å². The molecule has 25 heavy (non-hydrogen) atoms. The van der Waals surface area contributed by atoms with Gasteiger partial charge in [-0.3, -0.25) is 9.67 Å². The van der Waals surface area contributed by atoms with Crippen molar-refractivity contribution in [3.63, 3.8) is 0 Å². The van der Waals surface area contributed by atoms with E-state index in [-0.39, 0.29) is 0 Å². The van der Waals surface area contributed by atoms with Gasteiger partial charge in [-0.2, -0.15) is 5.10 Å². The minimum Gasteiger partial charge on any atom is -0.271 e. The predicted octanol–water partition coefficient (Wildman–Crippen LogP) is 5.08. The molecule has 2 heterocycles. The fourth-order valence-electron chi connectivity index (χ4n) is 2.80. The first kappa shape index (κ1) is 16.1. The number of hydrogen-bond donors (Lipinski definition) is 1. The molecule has 0 fully saturated rings. The van der Waals surface area contributed by atoms with Crippen molar-refractivity contribution in [2.24, 2.45) is 0 Å². The first-order valence-electron chi connectivity index (χ1n) is 7.93. The van der Waals surface area contributed by atoms with Crippen LogP contribution in [0.2, 0.25) is 0 Å². The second-order valence-corrected chi connectivity index (χ2v) is 7.08. The van der Waals surface area contributed by atoms with E-state index in [0.717, 1.165) is 22.1 Å². The third-order valence-corrected chi connectivity index (χ3v) is 5.19. The standard InChI is InChI=1S/C19H16N4S2/c1-13-11-18(20-16-10-6-5-9-15(13)16)25-12-17-21-22-19(24)23(17)14-7-3-2-4-8-14/h2-11H,12H2,1H3,(H,22,24). The van der Waals surface area contributed by atoms with E-state index in [1.54, 1.807) is 11.8 Å². The molecular formula is C19H16N4S2. The molecule has 0 aliphatic carbocycles. The lowest BCUT2D eigenvalue weighted by Gasteiger charge is -2.08. The van der Waals surface area contributed by atoms with Crippen molar-refractivity contribution in [2.75, 3.05) is 0 Å². The second kappa shape index (κ2) is 6.82. The van der Waals surface area contributed by atoms with Gasteiger partial charge >= 0.3 is 0 Å². The number of thioether (sulfide) groups is 1. The number of benzene rings is 2. The van der Waals surface area contributed by atoms with Gasteiger partial charge in [-0.15, -0.1) is 0 Å². The van der Waals surface area contributed by atoms with Crippen molar-refractivity contribution in [1.29, 1.82) is 0 Å². The van der Waals surface area contributed by atoms with Gasteiger partial charge < -0.3 is 0 Å². The molecule has 0 amide bonds. The van der Waals surface area contributed by atoms with Crippen LogP contribution in [0.25, 0.3) is 16.6 Å². The number of aryl methyl sites for hydroxylation is 1. The fourth-order valence-corrected chi connectivity index (χ4v) is 3.95. The van der Waals surface area contributed by atoms with Crippen LogP contribution in [-0.4, -0.2) is 19.7 Å². The Hall–Kier alpha value is -2.44. The lowest BCUT2D eigenvalue weighted by Crippen LogP contribution is -2.00. The summed E-state index contributed by atoms with van der Waals surface area (Å²) in [7, 11) is 0. The zero-order valence-corrected chi connectivity index (χ0v) is 15.3. The number of aromatic nitrogens is 4. The molecule has 0 atom stereocenters. The van der Waals surface area contributed by atoms with Crippen molar-refractivity contribution in [3.05, 3.63) is 76.8 Å². The number of rotatable bonds is 4. The molecule has 0 bridgehead atoms. The molecule has 0 saturated carbocycles. The number of para-hydroxylation sites is 2. The van der Waals surface area contributed by atoms with Crippen LogP contribution < -0.4 is 0 Å². The van der Waals surface area contributed by atoms with Crippen LogP contribution in [0.15, 0.2) is 65.7 Å². The smallest absolute Gasteiger partial charge is 0.199 e.